The third kappa shape index (κ3) is 5.23. The molecule has 0 aromatic heterocycles. The molecule has 1 aliphatic heterocycles. The van der Waals surface area contributed by atoms with Crippen LogP contribution in [-0.2, 0) is 14.3 Å². The summed E-state index contributed by atoms with van der Waals surface area (Å²) in [6, 6.07) is 6.10. The molecule has 1 heterocycles. The van der Waals surface area contributed by atoms with Crippen LogP contribution in [0.3, 0.4) is 0 Å². The highest BCUT2D eigenvalue weighted by Gasteiger charge is 2.28. The van der Waals surface area contributed by atoms with Crippen LogP contribution in [0.1, 0.15) is 30.4 Å². The molecule has 0 aliphatic carbocycles. The molecule has 1 aliphatic rings. The smallest absolute Gasteiger partial charge is 0.334 e. The molecule has 1 aromatic carbocycles. The summed E-state index contributed by atoms with van der Waals surface area (Å²) in [7, 11) is 0. The molecule has 0 radical (unpaired) electrons. The normalized spacial score (nSPS) is 17.6. The van der Waals surface area contributed by atoms with Gasteiger partial charge in [-0.3, -0.25) is 4.79 Å². The van der Waals surface area contributed by atoms with E-state index in [2.05, 4.69) is 0 Å². The number of carboxylic acid groups (broad SMARTS) is 1. The Hall–Kier alpha value is -2.08. The maximum atomic E-state index is 12.1. The lowest BCUT2D eigenvalue weighted by Gasteiger charge is -2.30. The van der Waals surface area contributed by atoms with Crippen molar-refractivity contribution in [1.82, 2.24) is 4.90 Å². The van der Waals surface area contributed by atoms with E-state index in [0.29, 0.717) is 19.6 Å². The lowest BCUT2D eigenvalue weighted by molar-refractivity contribution is -0.159. The van der Waals surface area contributed by atoms with Crippen molar-refractivity contribution in [2.45, 2.75) is 39.2 Å². The third-order valence-corrected chi connectivity index (χ3v) is 4.08. The molecule has 24 heavy (non-hydrogen) atoms. The highest BCUT2D eigenvalue weighted by atomic mass is 16.5. The molecule has 0 saturated carbocycles. The number of benzene rings is 1. The second-order valence-electron chi connectivity index (χ2n) is 6.11. The number of ether oxygens (including phenoxy) is 2. The zero-order valence-corrected chi connectivity index (χ0v) is 14.3. The average Bonchev–Trinajstić information content (AvgIpc) is 2.57. The molecule has 1 amide bonds. The van der Waals surface area contributed by atoms with Gasteiger partial charge in [-0.05, 0) is 43.9 Å². The zero-order valence-electron chi connectivity index (χ0n) is 14.3. The number of hydrogen-bond donors (Lipinski definition) is 1. The SMILES string of the molecule is Cc1ccc(C)c(OCCCCC(=O)N2CCOC(C(=O)O)C2)c1. The molecule has 1 aromatic rings. The van der Waals surface area contributed by atoms with Gasteiger partial charge in [0.25, 0.3) is 0 Å². The number of nitrogens with zero attached hydrogens (tertiary/aromatic N) is 1. The highest BCUT2D eigenvalue weighted by Crippen LogP contribution is 2.19. The van der Waals surface area contributed by atoms with Gasteiger partial charge in [-0.25, -0.2) is 4.79 Å². The van der Waals surface area contributed by atoms with Crippen molar-refractivity contribution in [2.75, 3.05) is 26.3 Å². The van der Waals surface area contributed by atoms with Crippen molar-refractivity contribution in [1.29, 1.82) is 0 Å². The summed E-state index contributed by atoms with van der Waals surface area (Å²) in [6.07, 6.45) is 1.00. The minimum Gasteiger partial charge on any atom is -0.493 e. The Kier molecular flexibility index (Phi) is 6.61. The summed E-state index contributed by atoms with van der Waals surface area (Å²) in [4.78, 5) is 24.6. The minimum absolute atomic E-state index is 0.0173. The Morgan fingerprint density at radius 1 is 1.33 bits per heavy atom. The van der Waals surface area contributed by atoms with E-state index in [9.17, 15) is 9.59 Å². The van der Waals surface area contributed by atoms with E-state index in [-0.39, 0.29) is 19.1 Å². The number of hydrogen-bond acceptors (Lipinski definition) is 4. The number of morpholine rings is 1. The first-order valence-electron chi connectivity index (χ1n) is 8.29. The standard InChI is InChI=1S/C18H25NO5/c1-13-6-7-14(2)15(11-13)23-9-4-3-5-17(20)19-8-10-24-16(12-19)18(21)22/h6-7,11,16H,3-5,8-10,12H2,1-2H3,(H,21,22). The van der Waals surface area contributed by atoms with Crippen LogP contribution in [0.2, 0.25) is 0 Å². The van der Waals surface area contributed by atoms with Gasteiger partial charge in [0.1, 0.15) is 5.75 Å². The Bertz CT molecular complexity index is 587. The van der Waals surface area contributed by atoms with Gasteiger partial charge >= 0.3 is 5.97 Å². The quantitative estimate of drug-likeness (QED) is 0.773. The van der Waals surface area contributed by atoms with Crippen LogP contribution in [-0.4, -0.2) is 54.3 Å². The Morgan fingerprint density at radius 2 is 2.12 bits per heavy atom. The first-order chi connectivity index (χ1) is 11.5. The molecule has 1 atom stereocenters. The number of aryl methyl sites for hydroxylation is 2. The molecule has 1 fully saturated rings. The summed E-state index contributed by atoms with van der Waals surface area (Å²) in [5.41, 5.74) is 2.26. The van der Waals surface area contributed by atoms with Crippen LogP contribution in [0.4, 0.5) is 0 Å². The topological polar surface area (TPSA) is 76.1 Å². The van der Waals surface area contributed by atoms with Crippen LogP contribution in [0.25, 0.3) is 0 Å². The fourth-order valence-electron chi connectivity index (χ4n) is 2.61. The van der Waals surface area contributed by atoms with Gasteiger partial charge in [-0.2, -0.15) is 0 Å². The zero-order chi connectivity index (χ0) is 17.5. The number of amides is 1. The van der Waals surface area contributed by atoms with Crippen LogP contribution >= 0.6 is 0 Å². The van der Waals surface area contributed by atoms with E-state index in [1.54, 1.807) is 4.90 Å². The van der Waals surface area contributed by atoms with Gasteiger partial charge < -0.3 is 19.5 Å². The molecule has 1 N–H and O–H groups in total. The maximum Gasteiger partial charge on any atom is 0.334 e. The van der Waals surface area contributed by atoms with Crippen LogP contribution < -0.4 is 4.74 Å². The molecule has 1 saturated heterocycles. The summed E-state index contributed by atoms with van der Waals surface area (Å²) in [6.45, 7) is 5.47. The van der Waals surface area contributed by atoms with Crippen molar-refractivity contribution in [3.05, 3.63) is 29.3 Å². The number of aliphatic carboxylic acids is 1. The monoisotopic (exact) mass is 335 g/mol. The second-order valence-corrected chi connectivity index (χ2v) is 6.11. The van der Waals surface area contributed by atoms with Crippen LogP contribution in [0.15, 0.2) is 18.2 Å². The third-order valence-electron chi connectivity index (χ3n) is 4.08. The largest absolute Gasteiger partial charge is 0.493 e. The van der Waals surface area contributed by atoms with Gasteiger partial charge in [0.05, 0.1) is 19.8 Å². The Labute approximate surface area is 142 Å². The van der Waals surface area contributed by atoms with E-state index in [1.165, 1.54) is 0 Å². The lowest BCUT2D eigenvalue weighted by atomic mass is 10.1. The molecule has 132 valence electrons. The van der Waals surface area contributed by atoms with Crippen LogP contribution in [0, 0.1) is 13.8 Å². The van der Waals surface area contributed by atoms with Crippen molar-refractivity contribution < 1.29 is 24.2 Å². The highest BCUT2D eigenvalue weighted by molar-refractivity contribution is 5.78. The van der Waals surface area contributed by atoms with Crippen LogP contribution in [0.5, 0.6) is 5.75 Å². The van der Waals surface area contributed by atoms with Gasteiger partial charge in [0.15, 0.2) is 6.10 Å². The predicted molar refractivity (Wildman–Crippen MR) is 89.2 cm³/mol. The molecule has 0 spiro atoms. The number of carbonyl (C=O) groups excluding carboxylic acids is 1. The summed E-state index contributed by atoms with van der Waals surface area (Å²) < 4.78 is 10.9. The van der Waals surface area contributed by atoms with E-state index in [4.69, 9.17) is 14.6 Å². The molecule has 6 heteroatoms. The maximum absolute atomic E-state index is 12.1. The van der Waals surface area contributed by atoms with Gasteiger partial charge in [0, 0.05) is 13.0 Å². The fraction of sp³-hybridized carbons (Fsp3) is 0.556. The van der Waals surface area contributed by atoms with E-state index >= 15 is 0 Å². The van der Waals surface area contributed by atoms with E-state index in [0.717, 1.165) is 29.7 Å². The summed E-state index contributed by atoms with van der Waals surface area (Å²) in [5.74, 6) is -0.149. The predicted octanol–water partition coefficient (Wildman–Crippen LogP) is 2.16. The summed E-state index contributed by atoms with van der Waals surface area (Å²) in [5, 5.41) is 8.95. The van der Waals surface area contributed by atoms with Crippen molar-refractivity contribution in [3.63, 3.8) is 0 Å². The average molecular weight is 335 g/mol. The number of carbonyl (C=O) groups is 2. The van der Waals surface area contributed by atoms with E-state index < -0.39 is 12.1 Å². The number of carboxylic acids is 1. The Morgan fingerprint density at radius 3 is 2.88 bits per heavy atom. The van der Waals surface area contributed by atoms with Gasteiger partial charge in [0.2, 0.25) is 5.91 Å². The van der Waals surface area contributed by atoms with Gasteiger partial charge in [-0.1, -0.05) is 12.1 Å². The molecule has 2 rings (SSSR count). The van der Waals surface area contributed by atoms with E-state index in [1.807, 2.05) is 32.0 Å². The molecule has 6 nitrogen and oxygen atoms in total. The van der Waals surface area contributed by atoms with Crippen molar-refractivity contribution in [3.8, 4) is 5.75 Å². The Balaban J connectivity index is 1.67. The fourth-order valence-corrected chi connectivity index (χ4v) is 2.61. The molecule has 0 bridgehead atoms. The number of rotatable bonds is 7. The van der Waals surface area contributed by atoms with Gasteiger partial charge in [-0.15, -0.1) is 0 Å². The van der Waals surface area contributed by atoms with Crippen molar-refractivity contribution >= 4 is 11.9 Å². The minimum atomic E-state index is -1.02. The first kappa shape index (κ1) is 18.3. The molecule has 1 unspecified atom stereocenters. The molecular formula is C18H25NO5. The lowest BCUT2D eigenvalue weighted by Crippen LogP contribution is -2.48. The second kappa shape index (κ2) is 8.68. The van der Waals surface area contributed by atoms with Crippen molar-refractivity contribution in [2.24, 2.45) is 0 Å². The number of unbranched alkanes of at least 4 members (excludes halogenated alkanes) is 1. The molecular weight excluding hydrogens is 310 g/mol. The summed E-state index contributed by atoms with van der Waals surface area (Å²) >= 11 is 0. The first-order valence-corrected chi connectivity index (χ1v) is 8.29.